The van der Waals surface area contributed by atoms with Gasteiger partial charge in [-0.25, -0.2) is 5.10 Å². The van der Waals surface area contributed by atoms with Crippen LogP contribution in [0.3, 0.4) is 0 Å². The summed E-state index contributed by atoms with van der Waals surface area (Å²) in [5, 5.41) is 10.3. The van der Waals surface area contributed by atoms with Crippen LogP contribution in [-0.2, 0) is 6.42 Å². The molecule has 0 saturated heterocycles. The molecular formula is C19H16Cl2N4O2. The second-order valence-electron chi connectivity index (χ2n) is 5.86. The molecule has 6 nitrogen and oxygen atoms in total. The molecule has 27 heavy (non-hydrogen) atoms. The van der Waals surface area contributed by atoms with Crippen molar-refractivity contribution in [3.05, 3.63) is 68.3 Å². The zero-order valence-electron chi connectivity index (χ0n) is 14.6. The Kier molecular flexibility index (Phi) is 5.58. The van der Waals surface area contributed by atoms with Crippen LogP contribution >= 0.6 is 23.2 Å². The third-order valence-electron chi connectivity index (χ3n) is 4.00. The maximum absolute atomic E-state index is 12.4. The average Bonchev–Trinajstić information content (AvgIpc) is 2.61. The van der Waals surface area contributed by atoms with Gasteiger partial charge in [-0.1, -0.05) is 30.1 Å². The first kappa shape index (κ1) is 19.1. The van der Waals surface area contributed by atoms with Gasteiger partial charge < -0.3 is 5.32 Å². The lowest BCUT2D eigenvalue weighted by atomic mass is 9.97. The fraction of sp³-hybridized carbons (Fsp3) is 0.158. The van der Waals surface area contributed by atoms with E-state index in [1.165, 1.54) is 19.3 Å². The van der Waals surface area contributed by atoms with Crippen molar-refractivity contribution in [1.82, 2.24) is 15.2 Å². The van der Waals surface area contributed by atoms with Gasteiger partial charge >= 0.3 is 0 Å². The highest BCUT2D eigenvalue weighted by Crippen LogP contribution is 2.35. The lowest BCUT2D eigenvalue weighted by Gasteiger charge is -2.18. The minimum Gasteiger partial charge on any atom is -0.354 e. The van der Waals surface area contributed by atoms with Gasteiger partial charge in [0.2, 0.25) is 0 Å². The van der Waals surface area contributed by atoms with E-state index in [1.807, 2.05) is 6.92 Å². The molecular weight excluding hydrogens is 387 g/mol. The Hall–Kier alpha value is -2.70. The number of hydrogen-bond acceptors (Lipinski definition) is 5. The minimum absolute atomic E-state index is 0.187. The van der Waals surface area contributed by atoms with Gasteiger partial charge in [-0.05, 0) is 37.6 Å². The quantitative estimate of drug-likeness (QED) is 0.606. The normalized spacial score (nSPS) is 10.7. The largest absolute Gasteiger partial charge is 0.354 e. The fourth-order valence-electron chi connectivity index (χ4n) is 2.82. The Morgan fingerprint density at radius 3 is 2.52 bits per heavy atom. The number of ketones is 1. The Morgan fingerprint density at radius 2 is 1.93 bits per heavy atom. The number of aromatic amines is 1. The number of aromatic nitrogens is 3. The highest BCUT2D eigenvalue weighted by molar-refractivity contribution is 6.35. The van der Waals surface area contributed by atoms with Gasteiger partial charge in [0.1, 0.15) is 0 Å². The van der Waals surface area contributed by atoms with Crippen molar-refractivity contribution in [3.8, 4) is 11.1 Å². The van der Waals surface area contributed by atoms with Crippen LogP contribution in [-0.4, -0.2) is 21.0 Å². The highest BCUT2D eigenvalue weighted by atomic mass is 35.5. The topological polar surface area (TPSA) is 87.7 Å². The number of rotatable bonds is 5. The van der Waals surface area contributed by atoms with Gasteiger partial charge in [0.15, 0.2) is 5.78 Å². The molecule has 0 radical (unpaired) electrons. The van der Waals surface area contributed by atoms with E-state index in [0.29, 0.717) is 50.2 Å². The lowest BCUT2D eigenvalue weighted by molar-refractivity contribution is 0.101. The number of carbonyl (C=O) groups excluding carboxylic acids is 1. The van der Waals surface area contributed by atoms with E-state index in [9.17, 15) is 9.59 Å². The van der Waals surface area contributed by atoms with Crippen LogP contribution in [0, 0.1) is 0 Å². The molecule has 0 aliphatic heterocycles. The summed E-state index contributed by atoms with van der Waals surface area (Å²) in [6, 6.07) is 6.57. The van der Waals surface area contributed by atoms with Gasteiger partial charge in [0.05, 0.1) is 22.5 Å². The van der Waals surface area contributed by atoms with Crippen LogP contribution in [0.2, 0.25) is 10.0 Å². The van der Waals surface area contributed by atoms with E-state index in [4.69, 9.17) is 23.2 Å². The SMILES string of the molecule is CCc1ncc(C(C)=O)c(Nc2cc(Cl)cc(Cl)c2)c1-c1ccn[nH]c1=O. The van der Waals surface area contributed by atoms with Crippen LogP contribution < -0.4 is 10.9 Å². The Morgan fingerprint density at radius 1 is 1.22 bits per heavy atom. The lowest BCUT2D eigenvalue weighted by Crippen LogP contribution is -2.14. The number of H-pyrrole nitrogens is 1. The number of hydrogen-bond donors (Lipinski definition) is 2. The van der Waals surface area contributed by atoms with E-state index in [-0.39, 0.29) is 11.3 Å². The maximum atomic E-state index is 12.4. The van der Waals surface area contributed by atoms with E-state index in [2.05, 4.69) is 20.5 Å². The minimum atomic E-state index is -0.373. The molecule has 138 valence electrons. The first-order valence-electron chi connectivity index (χ1n) is 8.20. The number of halogens is 2. The molecule has 0 spiro atoms. The van der Waals surface area contributed by atoms with Crippen LogP contribution in [0.15, 0.2) is 41.5 Å². The average molecular weight is 403 g/mol. The number of benzene rings is 1. The van der Waals surface area contributed by atoms with Crippen molar-refractivity contribution in [2.75, 3.05) is 5.32 Å². The first-order chi connectivity index (χ1) is 12.9. The predicted molar refractivity (Wildman–Crippen MR) is 107 cm³/mol. The molecule has 0 atom stereocenters. The smallest absolute Gasteiger partial charge is 0.272 e. The van der Waals surface area contributed by atoms with Crippen LogP contribution in [0.5, 0.6) is 0 Å². The van der Waals surface area contributed by atoms with Crippen LogP contribution in [0.25, 0.3) is 11.1 Å². The number of aryl methyl sites for hydroxylation is 1. The Labute approximate surface area is 165 Å². The second-order valence-corrected chi connectivity index (χ2v) is 6.73. The first-order valence-corrected chi connectivity index (χ1v) is 8.96. The number of Topliss-reactive ketones (excluding diaryl/α,β-unsaturated/α-hetero) is 1. The van der Waals surface area contributed by atoms with Crippen molar-refractivity contribution < 1.29 is 4.79 Å². The van der Waals surface area contributed by atoms with Crippen molar-refractivity contribution >= 4 is 40.4 Å². The molecule has 0 fully saturated rings. The number of carbonyl (C=O) groups is 1. The highest BCUT2D eigenvalue weighted by Gasteiger charge is 2.20. The molecule has 0 aliphatic carbocycles. The molecule has 0 unspecified atom stereocenters. The zero-order chi connectivity index (χ0) is 19.6. The number of nitrogens with one attached hydrogen (secondary N) is 2. The van der Waals surface area contributed by atoms with Gasteiger partial charge in [-0.3, -0.25) is 14.6 Å². The number of pyridine rings is 1. The van der Waals surface area contributed by atoms with Crippen LogP contribution in [0.4, 0.5) is 11.4 Å². The third-order valence-corrected chi connectivity index (χ3v) is 4.44. The van der Waals surface area contributed by atoms with E-state index in [1.54, 1.807) is 24.3 Å². The van der Waals surface area contributed by atoms with Crippen LogP contribution in [0.1, 0.15) is 29.9 Å². The van der Waals surface area contributed by atoms with Crippen molar-refractivity contribution in [2.45, 2.75) is 20.3 Å². The molecule has 2 N–H and O–H groups in total. The van der Waals surface area contributed by atoms with E-state index >= 15 is 0 Å². The molecule has 0 bridgehead atoms. The Bertz CT molecular complexity index is 1060. The summed E-state index contributed by atoms with van der Waals surface area (Å²) in [4.78, 5) is 29.0. The summed E-state index contributed by atoms with van der Waals surface area (Å²) in [7, 11) is 0. The van der Waals surface area contributed by atoms with Crippen molar-refractivity contribution in [1.29, 1.82) is 0 Å². The molecule has 0 amide bonds. The molecule has 2 aromatic heterocycles. The molecule has 0 saturated carbocycles. The predicted octanol–water partition coefficient (Wildman–Crippen LogP) is 4.65. The maximum Gasteiger partial charge on any atom is 0.272 e. The fourth-order valence-corrected chi connectivity index (χ4v) is 3.34. The molecule has 1 aromatic carbocycles. The van der Waals surface area contributed by atoms with Gasteiger partial charge in [0, 0.05) is 33.7 Å². The zero-order valence-corrected chi connectivity index (χ0v) is 16.1. The summed E-state index contributed by atoms with van der Waals surface area (Å²) in [5.41, 5.74) is 2.64. The molecule has 3 rings (SSSR count). The van der Waals surface area contributed by atoms with E-state index in [0.717, 1.165) is 0 Å². The standard InChI is InChI=1S/C19H16Cl2N4O2/c1-3-16-17(14-4-5-23-25-19(14)27)18(15(9-22-16)10(2)26)24-13-7-11(20)6-12(21)8-13/h4-9H,3H2,1-2H3,(H,22,24)(H,25,27). The summed E-state index contributed by atoms with van der Waals surface area (Å²) < 4.78 is 0. The molecule has 3 aromatic rings. The second kappa shape index (κ2) is 7.90. The summed E-state index contributed by atoms with van der Waals surface area (Å²) in [5.74, 6) is -0.187. The molecule has 0 aliphatic rings. The third kappa shape index (κ3) is 4.02. The summed E-state index contributed by atoms with van der Waals surface area (Å²) in [6.45, 7) is 3.37. The summed E-state index contributed by atoms with van der Waals surface area (Å²) in [6.07, 6.45) is 3.56. The summed E-state index contributed by atoms with van der Waals surface area (Å²) >= 11 is 12.2. The molecule has 2 heterocycles. The van der Waals surface area contributed by atoms with Gasteiger partial charge in [0.25, 0.3) is 5.56 Å². The van der Waals surface area contributed by atoms with Crippen molar-refractivity contribution in [2.24, 2.45) is 0 Å². The van der Waals surface area contributed by atoms with E-state index < -0.39 is 0 Å². The van der Waals surface area contributed by atoms with Gasteiger partial charge in [-0.15, -0.1) is 0 Å². The Balaban J connectivity index is 2.31. The molecule has 8 heteroatoms. The van der Waals surface area contributed by atoms with Crippen molar-refractivity contribution in [3.63, 3.8) is 0 Å². The van der Waals surface area contributed by atoms with Gasteiger partial charge in [-0.2, -0.15) is 5.10 Å². The number of anilines is 2. The monoisotopic (exact) mass is 402 g/mol. The number of nitrogens with zero attached hydrogens (tertiary/aromatic N) is 2.